The SMILES string of the molecule is COc1cc2ccccc2cc1C(=O)OC(C)C(=O)Nc1ccc([N+](=O)[O-])cc1Cl. The fraction of sp³-hybridized carbons (Fsp3) is 0.143. The highest BCUT2D eigenvalue weighted by molar-refractivity contribution is 6.34. The van der Waals surface area contributed by atoms with E-state index in [4.69, 9.17) is 21.1 Å². The summed E-state index contributed by atoms with van der Waals surface area (Å²) in [4.78, 5) is 35.2. The van der Waals surface area contributed by atoms with E-state index in [1.54, 1.807) is 12.1 Å². The first kappa shape index (κ1) is 21.1. The number of nitrogens with zero attached hydrogens (tertiary/aromatic N) is 1. The molecule has 3 aromatic carbocycles. The van der Waals surface area contributed by atoms with E-state index in [0.717, 1.165) is 16.8 Å². The van der Waals surface area contributed by atoms with Crippen LogP contribution in [0.5, 0.6) is 5.75 Å². The molecular weight excluding hydrogens is 412 g/mol. The second-order valence-corrected chi connectivity index (χ2v) is 6.76. The fourth-order valence-corrected chi connectivity index (χ4v) is 3.00. The molecule has 8 nitrogen and oxygen atoms in total. The lowest BCUT2D eigenvalue weighted by Crippen LogP contribution is -2.30. The molecule has 0 heterocycles. The second-order valence-electron chi connectivity index (χ2n) is 6.36. The summed E-state index contributed by atoms with van der Waals surface area (Å²) < 4.78 is 10.6. The lowest BCUT2D eigenvalue weighted by atomic mass is 10.1. The number of anilines is 1. The second kappa shape index (κ2) is 8.79. The van der Waals surface area contributed by atoms with Crippen LogP contribution in [0.25, 0.3) is 10.8 Å². The Kier molecular flexibility index (Phi) is 6.17. The summed E-state index contributed by atoms with van der Waals surface area (Å²) in [6.45, 7) is 1.40. The number of benzene rings is 3. The molecule has 0 aromatic heterocycles. The first-order valence-electron chi connectivity index (χ1n) is 8.82. The topological polar surface area (TPSA) is 108 Å². The van der Waals surface area contributed by atoms with Gasteiger partial charge in [-0.3, -0.25) is 14.9 Å². The van der Waals surface area contributed by atoms with Gasteiger partial charge < -0.3 is 14.8 Å². The van der Waals surface area contributed by atoms with E-state index in [-0.39, 0.29) is 22.0 Å². The molecule has 3 aromatic rings. The third-order valence-electron chi connectivity index (χ3n) is 4.36. The number of nitrogens with one attached hydrogen (secondary N) is 1. The molecule has 1 N–H and O–H groups in total. The number of non-ortho nitro benzene ring substituents is 1. The standard InChI is InChI=1S/C21H17ClN2O6/c1-12(20(25)23-18-8-7-15(24(27)28)11-17(18)22)30-21(26)16-9-13-5-3-4-6-14(13)10-19(16)29-2/h3-12H,1-2H3,(H,23,25). The first-order valence-corrected chi connectivity index (χ1v) is 9.20. The lowest BCUT2D eigenvalue weighted by molar-refractivity contribution is -0.384. The van der Waals surface area contributed by atoms with Gasteiger partial charge in [0.15, 0.2) is 6.10 Å². The van der Waals surface area contributed by atoms with Crippen molar-refractivity contribution in [1.29, 1.82) is 0 Å². The van der Waals surface area contributed by atoms with Crippen LogP contribution >= 0.6 is 11.6 Å². The van der Waals surface area contributed by atoms with E-state index >= 15 is 0 Å². The van der Waals surface area contributed by atoms with Crippen LogP contribution in [0.1, 0.15) is 17.3 Å². The van der Waals surface area contributed by atoms with Crippen LogP contribution in [0.15, 0.2) is 54.6 Å². The fourth-order valence-electron chi connectivity index (χ4n) is 2.78. The number of hydrogen-bond donors (Lipinski definition) is 1. The summed E-state index contributed by atoms with van der Waals surface area (Å²) in [6.07, 6.45) is -1.15. The normalized spacial score (nSPS) is 11.6. The number of ether oxygens (including phenoxy) is 2. The van der Waals surface area contributed by atoms with E-state index in [9.17, 15) is 19.7 Å². The molecule has 0 saturated heterocycles. The van der Waals surface area contributed by atoms with Crippen molar-refractivity contribution in [3.8, 4) is 5.75 Å². The number of hydrogen-bond acceptors (Lipinski definition) is 6. The van der Waals surface area contributed by atoms with Crippen molar-refractivity contribution < 1.29 is 24.0 Å². The van der Waals surface area contributed by atoms with Crippen molar-refractivity contribution in [2.24, 2.45) is 0 Å². The maximum Gasteiger partial charge on any atom is 0.342 e. The van der Waals surface area contributed by atoms with Gasteiger partial charge in [-0.25, -0.2) is 4.79 Å². The van der Waals surface area contributed by atoms with E-state index in [2.05, 4.69) is 5.32 Å². The number of esters is 1. The summed E-state index contributed by atoms with van der Waals surface area (Å²) in [7, 11) is 1.44. The molecule has 0 saturated carbocycles. The largest absolute Gasteiger partial charge is 0.496 e. The first-order chi connectivity index (χ1) is 14.3. The Hall–Kier alpha value is -3.65. The molecule has 0 spiro atoms. The molecule has 1 amide bonds. The van der Waals surface area contributed by atoms with Crippen LogP contribution in [0.4, 0.5) is 11.4 Å². The molecule has 9 heteroatoms. The quantitative estimate of drug-likeness (QED) is 0.349. The van der Waals surface area contributed by atoms with Crippen LogP contribution < -0.4 is 10.1 Å². The molecule has 1 atom stereocenters. The van der Waals surface area contributed by atoms with Crippen molar-refractivity contribution in [3.05, 3.63) is 75.3 Å². The Bertz CT molecular complexity index is 1150. The molecule has 154 valence electrons. The molecular formula is C21H17ClN2O6. The van der Waals surface area contributed by atoms with Crippen LogP contribution in [-0.4, -0.2) is 30.0 Å². The number of fused-ring (bicyclic) bond motifs is 1. The van der Waals surface area contributed by atoms with Gasteiger partial charge in [0.25, 0.3) is 11.6 Å². The zero-order chi connectivity index (χ0) is 21.8. The minimum Gasteiger partial charge on any atom is -0.496 e. The van der Waals surface area contributed by atoms with Crippen molar-refractivity contribution >= 4 is 45.6 Å². The van der Waals surface area contributed by atoms with Crippen LogP contribution in [-0.2, 0) is 9.53 Å². The Labute approximate surface area is 176 Å². The van der Waals surface area contributed by atoms with E-state index < -0.39 is 22.9 Å². The van der Waals surface area contributed by atoms with Gasteiger partial charge in [-0.15, -0.1) is 0 Å². The number of halogens is 1. The highest BCUT2D eigenvalue weighted by Gasteiger charge is 2.23. The smallest absolute Gasteiger partial charge is 0.342 e. The van der Waals surface area contributed by atoms with Crippen molar-refractivity contribution in [3.63, 3.8) is 0 Å². The van der Waals surface area contributed by atoms with Crippen molar-refractivity contribution in [1.82, 2.24) is 0 Å². The maximum absolute atomic E-state index is 12.6. The van der Waals surface area contributed by atoms with Gasteiger partial charge in [-0.05, 0) is 35.9 Å². The highest BCUT2D eigenvalue weighted by atomic mass is 35.5. The molecule has 0 radical (unpaired) electrons. The number of carbonyl (C=O) groups excluding carboxylic acids is 2. The molecule has 3 rings (SSSR count). The molecule has 1 unspecified atom stereocenters. The van der Waals surface area contributed by atoms with Crippen LogP contribution in [0.2, 0.25) is 5.02 Å². The molecule has 0 fully saturated rings. The Balaban J connectivity index is 1.75. The summed E-state index contributed by atoms with van der Waals surface area (Å²) >= 11 is 5.98. The number of rotatable bonds is 6. The number of amides is 1. The van der Waals surface area contributed by atoms with Gasteiger partial charge in [0.05, 0.1) is 22.7 Å². The highest BCUT2D eigenvalue weighted by Crippen LogP contribution is 2.28. The molecule has 30 heavy (non-hydrogen) atoms. The molecule has 0 aliphatic rings. The Morgan fingerprint density at radius 3 is 2.37 bits per heavy atom. The molecule has 0 bridgehead atoms. The van der Waals surface area contributed by atoms with Gasteiger partial charge in [0.2, 0.25) is 0 Å². The van der Waals surface area contributed by atoms with E-state index in [1.165, 1.54) is 26.2 Å². The Morgan fingerprint density at radius 2 is 1.77 bits per heavy atom. The number of nitro benzene ring substituents is 1. The number of methoxy groups -OCH3 is 1. The zero-order valence-electron chi connectivity index (χ0n) is 16.0. The van der Waals surface area contributed by atoms with Gasteiger partial charge >= 0.3 is 5.97 Å². The van der Waals surface area contributed by atoms with Crippen molar-refractivity contribution in [2.45, 2.75) is 13.0 Å². The average Bonchev–Trinajstić information content (AvgIpc) is 2.73. The minimum atomic E-state index is -1.15. The predicted molar refractivity (Wildman–Crippen MR) is 112 cm³/mol. The summed E-state index contributed by atoms with van der Waals surface area (Å²) in [5.74, 6) is -1.04. The van der Waals surface area contributed by atoms with E-state index in [1.807, 2.05) is 24.3 Å². The van der Waals surface area contributed by atoms with Gasteiger partial charge in [0, 0.05) is 12.1 Å². The Morgan fingerprint density at radius 1 is 1.10 bits per heavy atom. The maximum atomic E-state index is 12.6. The average molecular weight is 429 g/mol. The number of carbonyl (C=O) groups is 2. The molecule has 0 aliphatic heterocycles. The van der Waals surface area contributed by atoms with Crippen LogP contribution in [0.3, 0.4) is 0 Å². The van der Waals surface area contributed by atoms with Gasteiger partial charge in [-0.1, -0.05) is 35.9 Å². The van der Waals surface area contributed by atoms with E-state index in [0.29, 0.717) is 5.75 Å². The number of nitro groups is 1. The summed E-state index contributed by atoms with van der Waals surface area (Å²) in [5, 5.41) is 15.0. The third-order valence-corrected chi connectivity index (χ3v) is 4.67. The zero-order valence-corrected chi connectivity index (χ0v) is 16.8. The third kappa shape index (κ3) is 4.49. The van der Waals surface area contributed by atoms with Crippen molar-refractivity contribution in [2.75, 3.05) is 12.4 Å². The summed E-state index contributed by atoms with van der Waals surface area (Å²) in [5.41, 5.74) is 0.142. The predicted octanol–water partition coefficient (Wildman–Crippen LogP) is 4.59. The molecule has 0 aliphatic carbocycles. The summed E-state index contributed by atoms with van der Waals surface area (Å²) in [6, 6.07) is 14.4. The monoisotopic (exact) mass is 428 g/mol. The van der Waals surface area contributed by atoms with Crippen LogP contribution in [0, 0.1) is 10.1 Å². The van der Waals surface area contributed by atoms with Gasteiger partial charge in [0.1, 0.15) is 11.3 Å². The van der Waals surface area contributed by atoms with Gasteiger partial charge in [-0.2, -0.15) is 0 Å². The minimum absolute atomic E-state index is 0.00715. The lowest BCUT2D eigenvalue weighted by Gasteiger charge is -2.16.